The number of carbonyl (C=O) groups is 1. The second-order valence-electron chi connectivity index (χ2n) is 3.59. The summed E-state index contributed by atoms with van der Waals surface area (Å²) in [6.45, 7) is 0. The van der Waals surface area contributed by atoms with Gasteiger partial charge in [0, 0.05) is 15.8 Å². The molecule has 0 atom stereocenters. The Morgan fingerprint density at radius 3 is 2.94 bits per heavy atom. The highest BCUT2D eigenvalue weighted by Gasteiger charge is 2.05. The van der Waals surface area contributed by atoms with Gasteiger partial charge in [-0.1, -0.05) is 22.0 Å². The van der Waals surface area contributed by atoms with E-state index in [2.05, 4.69) is 15.9 Å². The van der Waals surface area contributed by atoms with Gasteiger partial charge in [0.1, 0.15) is 5.78 Å². The molecule has 17 heavy (non-hydrogen) atoms. The van der Waals surface area contributed by atoms with Gasteiger partial charge >= 0.3 is 0 Å². The fraction of sp³-hybridized carbons (Fsp3) is 0.154. The minimum absolute atomic E-state index is 0.272. The molecule has 1 nitrogen and oxygen atoms in total. The Labute approximate surface area is 117 Å². The summed E-state index contributed by atoms with van der Waals surface area (Å²) in [7, 11) is 0. The van der Waals surface area contributed by atoms with E-state index in [-0.39, 0.29) is 5.78 Å². The average molecular weight is 327 g/mol. The van der Waals surface area contributed by atoms with Crippen LogP contribution in [0.25, 0.3) is 0 Å². The Morgan fingerprint density at radius 1 is 1.35 bits per heavy atom. The van der Waals surface area contributed by atoms with Gasteiger partial charge in [0.25, 0.3) is 0 Å². The first-order valence-electron chi connectivity index (χ1n) is 5.15. The third-order valence-electron chi connectivity index (χ3n) is 2.18. The molecule has 0 unspecified atom stereocenters. The molecule has 0 radical (unpaired) electrons. The third kappa shape index (κ3) is 4.30. The van der Waals surface area contributed by atoms with Crippen molar-refractivity contribution in [2.45, 2.75) is 11.3 Å². The van der Waals surface area contributed by atoms with Crippen LogP contribution in [0.2, 0.25) is 0 Å². The van der Waals surface area contributed by atoms with Crippen molar-refractivity contribution in [3.8, 4) is 0 Å². The molecular weight excluding hydrogens is 316 g/mol. The largest absolute Gasteiger partial charge is 0.298 e. The zero-order valence-electron chi connectivity index (χ0n) is 9.06. The molecule has 4 heteroatoms. The molecule has 1 heterocycles. The van der Waals surface area contributed by atoms with Gasteiger partial charge in [-0.2, -0.15) is 11.3 Å². The van der Waals surface area contributed by atoms with E-state index >= 15 is 0 Å². The lowest BCUT2D eigenvalue weighted by Crippen LogP contribution is -2.04. The maximum absolute atomic E-state index is 11.7. The molecule has 88 valence electrons. The Balaban J connectivity index is 1.84. The van der Waals surface area contributed by atoms with Crippen molar-refractivity contribution < 1.29 is 4.79 Å². The number of thiophene rings is 1. The lowest BCUT2D eigenvalue weighted by atomic mass is 10.2. The van der Waals surface area contributed by atoms with Crippen LogP contribution in [-0.2, 0) is 11.2 Å². The number of hydrogen-bond donors (Lipinski definition) is 0. The molecule has 1 aromatic carbocycles. The molecule has 0 aliphatic carbocycles. The molecule has 0 saturated heterocycles. The summed E-state index contributed by atoms with van der Waals surface area (Å²) in [6, 6.07) is 10.0. The first-order chi connectivity index (χ1) is 8.24. The van der Waals surface area contributed by atoms with Gasteiger partial charge in [0.05, 0.1) is 5.75 Å². The summed E-state index contributed by atoms with van der Waals surface area (Å²) in [4.78, 5) is 12.9. The Hall–Kier alpha value is -0.580. The van der Waals surface area contributed by atoms with Crippen molar-refractivity contribution in [3.05, 3.63) is 51.1 Å². The SMILES string of the molecule is O=C(CSc1cccc(Br)c1)Cc1ccsc1. The van der Waals surface area contributed by atoms with Crippen molar-refractivity contribution in [2.75, 3.05) is 5.75 Å². The normalized spacial score (nSPS) is 10.4. The minimum Gasteiger partial charge on any atom is -0.298 e. The number of carbonyl (C=O) groups excluding carboxylic acids is 1. The van der Waals surface area contributed by atoms with Crippen LogP contribution in [0.5, 0.6) is 0 Å². The van der Waals surface area contributed by atoms with Gasteiger partial charge in [0.15, 0.2) is 0 Å². The van der Waals surface area contributed by atoms with Crippen LogP contribution in [0.1, 0.15) is 5.56 Å². The predicted molar refractivity (Wildman–Crippen MR) is 77.9 cm³/mol. The lowest BCUT2D eigenvalue weighted by Gasteiger charge is -2.01. The van der Waals surface area contributed by atoms with Crippen molar-refractivity contribution in [3.63, 3.8) is 0 Å². The first kappa shape index (κ1) is 12.9. The summed E-state index contributed by atoms with van der Waals surface area (Å²) in [5, 5.41) is 4.03. The van der Waals surface area contributed by atoms with Gasteiger partial charge in [-0.05, 0) is 40.6 Å². The zero-order chi connectivity index (χ0) is 12.1. The lowest BCUT2D eigenvalue weighted by molar-refractivity contribution is -0.115. The number of Topliss-reactive ketones (excluding diaryl/α,β-unsaturated/α-hetero) is 1. The van der Waals surface area contributed by atoms with Crippen molar-refractivity contribution in [1.29, 1.82) is 0 Å². The summed E-state index contributed by atoms with van der Waals surface area (Å²) >= 11 is 6.64. The monoisotopic (exact) mass is 326 g/mol. The van der Waals surface area contributed by atoms with Crippen molar-refractivity contribution in [2.24, 2.45) is 0 Å². The molecule has 0 fully saturated rings. The number of benzene rings is 1. The van der Waals surface area contributed by atoms with E-state index in [9.17, 15) is 4.79 Å². The van der Waals surface area contributed by atoms with E-state index in [0.717, 1.165) is 14.9 Å². The highest BCUT2D eigenvalue weighted by Crippen LogP contribution is 2.22. The maximum Gasteiger partial charge on any atom is 0.147 e. The molecule has 0 saturated carbocycles. The van der Waals surface area contributed by atoms with Crippen LogP contribution in [0.4, 0.5) is 0 Å². The summed E-state index contributed by atoms with van der Waals surface area (Å²) < 4.78 is 1.05. The average Bonchev–Trinajstić information content (AvgIpc) is 2.79. The maximum atomic E-state index is 11.7. The molecule has 0 N–H and O–H groups in total. The first-order valence-corrected chi connectivity index (χ1v) is 7.87. The minimum atomic E-state index is 0.272. The Kier molecular flexibility index (Phi) is 4.83. The van der Waals surface area contributed by atoms with E-state index in [0.29, 0.717) is 12.2 Å². The molecule has 2 rings (SSSR count). The van der Waals surface area contributed by atoms with Crippen LogP contribution in [0.3, 0.4) is 0 Å². The predicted octanol–water partition coefficient (Wildman–Crippen LogP) is 4.41. The van der Waals surface area contributed by atoms with Crippen LogP contribution in [0, 0.1) is 0 Å². The Bertz CT molecular complexity index is 494. The van der Waals surface area contributed by atoms with Gasteiger partial charge in [-0.25, -0.2) is 0 Å². The highest BCUT2D eigenvalue weighted by atomic mass is 79.9. The summed E-state index contributed by atoms with van der Waals surface area (Å²) in [5.41, 5.74) is 1.12. The van der Waals surface area contributed by atoms with Crippen LogP contribution in [-0.4, -0.2) is 11.5 Å². The number of thioether (sulfide) groups is 1. The molecule has 0 amide bonds. The third-order valence-corrected chi connectivity index (χ3v) is 4.46. The van der Waals surface area contributed by atoms with E-state index < -0.39 is 0 Å². The Morgan fingerprint density at radius 2 is 2.24 bits per heavy atom. The zero-order valence-corrected chi connectivity index (χ0v) is 12.3. The number of halogens is 1. The number of hydrogen-bond acceptors (Lipinski definition) is 3. The smallest absolute Gasteiger partial charge is 0.147 e. The second-order valence-corrected chi connectivity index (χ2v) is 6.34. The molecule has 2 aromatic rings. The molecule has 0 aliphatic heterocycles. The molecule has 0 spiro atoms. The fourth-order valence-electron chi connectivity index (χ4n) is 1.39. The molecular formula is C13H11BrOS2. The van der Waals surface area contributed by atoms with Gasteiger partial charge in [-0.15, -0.1) is 11.8 Å². The van der Waals surface area contributed by atoms with E-state index in [1.54, 1.807) is 23.1 Å². The quantitative estimate of drug-likeness (QED) is 0.757. The topological polar surface area (TPSA) is 17.1 Å². The van der Waals surface area contributed by atoms with E-state index in [1.165, 1.54) is 0 Å². The molecule has 1 aromatic heterocycles. The number of rotatable bonds is 5. The van der Waals surface area contributed by atoms with Gasteiger partial charge in [-0.3, -0.25) is 4.79 Å². The van der Waals surface area contributed by atoms with Gasteiger partial charge < -0.3 is 0 Å². The molecule has 0 aliphatic rings. The highest BCUT2D eigenvalue weighted by molar-refractivity contribution is 9.10. The van der Waals surface area contributed by atoms with Crippen LogP contribution < -0.4 is 0 Å². The van der Waals surface area contributed by atoms with E-state index in [4.69, 9.17) is 0 Å². The summed E-state index contributed by atoms with van der Waals surface area (Å²) in [6.07, 6.45) is 0.546. The van der Waals surface area contributed by atoms with E-state index in [1.807, 2.05) is 41.1 Å². The van der Waals surface area contributed by atoms with Crippen LogP contribution >= 0.6 is 39.0 Å². The fourth-order valence-corrected chi connectivity index (χ4v) is 3.43. The second kappa shape index (κ2) is 6.38. The van der Waals surface area contributed by atoms with Gasteiger partial charge in [0.2, 0.25) is 0 Å². The standard InChI is InChI=1S/C13H11BrOS2/c14-11-2-1-3-13(7-11)17-9-12(15)6-10-4-5-16-8-10/h1-5,7-8H,6,9H2. The van der Waals surface area contributed by atoms with Crippen molar-refractivity contribution >= 4 is 44.8 Å². The van der Waals surface area contributed by atoms with Crippen LogP contribution in [0.15, 0.2) is 50.5 Å². The molecule has 0 bridgehead atoms. The number of ketones is 1. The van der Waals surface area contributed by atoms with Crippen molar-refractivity contribution in [1.82, 2.24) is 0 Å². The summed E-state index contributed by atoms with van der Waals surface area (Å²) in [5.74, 6) is 0.806.